The van der Waals surface area contributed by atoms with Crippen molar-refractivity contribution < 1.29 is 76.3 Å². The lowest BCUT2D eigenvalue weighted by molar-refractivity contribution is -0.175. The highest BCUT2D eigenvalue weighted by Gasteiger charge is 2.45. The predicted molar refractivity (Wildman–Crippen MR) is 177 cm³/mol. The van der Waals surface area contributed by atoms with Crippen LogP contribution in [0.1, 0.15) is 6.42 Å². The summed E-state index contributed by atoms with van der Waals surface area (Å²) in [6.07, 6.45) is 0.221. The predicted octanol–water partition coefficient (Wildman–Crippen LogP) is -1.15. The van der Waals surface area contributed by atoms with E-state index in [9.17, 15) is 9.59 Å². The highest BCUT2D eigenvalue weighted by atomic mass is 16.6. The van der Waals surface area contributed by atoms with Gasteiger partial charge in [-0.1, -0.05) is 0 Å². The highest BCUT2D eigenvalue weighted by molar-refractivity contribution is 5.77. The fourth-order valence-corrected chi connectivity index (χ4v) is 4.08. The molecule has 1 saturated heterocycles. The molecule has 1 fully saturated rings. The van der Waals surface area contributed by atoms with Gasteiger partial charge in [-0.05, 0) is 0 Å². The second-order valence-electron chi connectivity index (χ2n) is 10.8. The summed E-state index contributed by atoms with van der Waals surface area (Å²) in [5, 5.41) is 8.75. The molecule has 296 valence electrons. The first-order valence-corrected chi connectivity index (χ1v) is 17.2. The van der Waals surface area contributed by atoms with Gasteiger partial charge in [0.15, 0.2) is 0 Å². The molecule has 18 nitrogen and oxygen atoms in total. The van der Waals surface area contributed by atoms with Gasteiger partial charge in [-0.25, -0.2) is 4.79 Å². The third kappa shape index (κ3) is 28.0. The van der Waals surface area contributed by atoms with E-state index in [0.717, 1.165) is 0 Å². The molecule has 0 aliphatic carbocycles. The molecule has 0 radical (unpaired) electrons. The van der Waals surface area contributed by atoms with Crippen molar-refractivity contribution in [2.75, 3.05) is 185 Å². The van der Waals surface area contributed by atoms with E-state index in [4.69, 9.17) is 72.4 Å². The van der Waals surface area contributed by atoms with Crippen LogP contribution in [-0.2, 0) is 71.2 Å². The first-order valence-electron chi connectivity index (χ1n) is 17.2. The summed E-state index contributed by atoms with van der Waals surface area (Å²) >= 11 is 0. The molecule has 0 unspecified atom stereocenters. The van der Waals surface area contributed by atoms with E-state index in [2.05, 4.69) is 0 Å². The number of aliphatic carboxylic acids is 1. The van der Waals surface area contributed by atoms with Crippen molar-refractivity contribution in [3.8, 4) is 0 Å². The van der Waals surface area contributed by atoms with Crippen molar-refractivity contribution in [1.29, 1.82) is 0 Å². The average Bonchev–Trinajstić information content (AvgIpc) is 3.09. The maximum Gasteiger partial charge on any atom is 0.329 e. The number of carboxylic acid groups (broad SMARTS) is 1. The zero-order chi connectivity index (χ0) is 36.2. The van der Waals surface area contributed by atoms with Crippen LogP contribution in [0.25, 0.3) is 0 Å². The Morgan fingerprint density at radius 3 is 1.06 bits per heavy atom. The summed E-state index contributed by atoms with van der Waals surface area (Å²) in [5.74, 6) is -1.16. The number of nitrogens with two attached hydrogens (primary N) is 1. The number of methoxy groups -OCH3 is 1. The lowest BCUT2D eigenvalue weighted by Gasteiger charge is -2.48. The third-order valence-electron chi connectivity index (χ3n) is 6.80. The molecule has 3 N–H and O–H groups in total. The van der Waals surface area contributed by atoms with Gasteiger partial charge in [-0.3, -0.25) is 4.79 Å². The number of hydrogen-bond acceptors (Lipinski definition) is 16. The van der Waals surface area contributed by atoms with Gasteiger partial charge in [0.1, 0.15) is 12.2 Å². The Morgan fingerprint density at radius 2 is 0.800 bits per heavy atom. The molecule has 1 amide bonds. The lowest BCUT2D eigenvalue weighted by Crippen LogP contribution is -2.68. The molecule has 1 aliphatic rings. The lowest BCUT2D eigenvalue weighted by atomic mass is 9.93. The molecule has 0 aromatic carbocycles. The van der Waals surface area contributed by atoms with Crippen LogP contribution < -0.4 is 5.73 Å². The number of ether oxygens (including phenoxy) is 13. The smallest absolute Gasteiger partial charge is 0.329 e. The number of carbonyl (C=O) groups excluding carboxylic acids is 1. The van der Waals surface area contributed by atoms with E-state index in [-0.39, 0.29) is 38.6 Å². The Kier molecular flexibility index (Phi) is 32.0. The summed E-state index contributed by atoms with van der Waals surface area (Å²) in [5.41, 5.74) is 4.90. The van der Waals surface area contributed by atoms with Crippen molar-refractivity contribution in [3.05, 3.63) is 0 Å². The molecule has 0 spiro atoms. The minimum Gasteiger partial charge on any atom is -0.480 e. The van der Waals surface area contributed by atoms with E-state index >= 15 is 0 Å². The minimum atomic E-state index is -1.07. The molecule has 0 atom stereocenters. The summed E-state index contributed by atoms with van der Waals surface area (Å²) < 4.78 is 70.0. The van der Waals surface area contributed by atoms with Crippen LogP contribution in [0, 0.1) is 0 Å². The van der Waals surface area contributed by atoms with Crippen LogP contribution in [0.5, 0.6) is 0 Å². The van der Waals surface area contributed by atoms with Crippen molar-refractivity contribution in [2.24, 2.45) is 5.73 Å². The summed E-state index contributed by atoms with van der Waals surface area (Å²) in [4.78, 5) is 24.5. The molecular formula is C32H62N2O16. The summed E-state index contributed by atoms with van der Waals surface area (Å²) in [7, 11) is 1.64. The van der Waals surface area contributed by atoms with E-state index < -0.39 is 18.2 Å². The van der Waals surface area contributed by atoms with E-state index in [0.29, 0.717) is 145 Å². The van der Waals surface area contributed by atoms with Gasteiger partial charge in [-0.15, -0.1) is 0 Å². The van der Waals surface area contributed by atoms with E-state index in [1.165, 1.54) is 0 Å². The quantitative estimate of drug-likeness (QED) is 0.0715. The Labute approximate surface area is 296 Å². The summed E-state index contributed by atoms with van der Waals surface area (Å²) in [6, 6.07) is 0. The monoisotopic (exact) mass is 730 g/mol. The van der Waals surface area contributed by atoms with Crippen LogP contribution in [-0.4, -0.2) is 213 Å². The maximum absolute atomic E-state index is 12.2. The number of hydrogen-bond donors (Lipinski definition) is 2. The maximum atomic E-state index is 12.2. The van der Waals surface area contributed by atoms with E-state index in [1.807, 2.05) is 0 Å². The second kappa shape index (κ2) is 34.5. The second-order valence-corrected chi connectivity index (χ2v) is 10.8. The Bertz CT molecular complexity index is 779. The van der Waals surface area contributed by atoms with Crippen molar-refractivity contribution in [2.45, 2.75) is 12.0 Å². The van der Waals surface area contributed by atoms with Gasteiger partial charge in [0.05, 0.1) is 171 Å². The third-order valence-corrected chi connectivity index (χ3v) is 6.80. The Balaban J connectivity index is 1.68. The molecule has 1 heterocycles. The van der Waals surface area contributed by atoms with Gasteiger partial charge >= 0.3 is 5.97 Å². The Morgan fingerprint density at radius 1 is 0.520 bits per heavy atom. The zero-order valence-corrected chi connectivity index (χ0v) is 29.9. The van der Waals surface area contributed by atoms with Gasteiger partial charge in [0.2, 0.25) is 5.91 Å². The fraction of sp³-hybridized carbons (Fsp3) is 0.938. The first kappa shape index (κ1) is 46.4. The van der Waals surface area contributed by atoms with Gasteiger partial charge < -0.3 is 77.3 Å². The van der Waals surface area contributed by atoms with Crippen LogP contribution in [0.2, 0.25) is 0 Å². The minimum absolute atomic E-state index is 0.0882. The van der Waals surface area contributed by atoms with Crippen LogP contribution in [0.3, 0.4) is 0 Å². The topological polar surface area (TPSA) is 204 Å². The van der Waals surface area contributed by atoms with Crippen LogP contribution in [0.4, 0.5) is 0 Å². The molecule has 0 aromatic rings. The van der Waals surface area contributed by atoms with Gasteiger partial charge in [0, 0.05) is 13.7 Å². The SMILES string of the molecule is COCCOCCOCCOCCOCCOCCOCCOCCOCCOCCOCCOCCC(=O)N1CC(CN)(OCC(=O)O)C1. The molecule has 0 aromatic heterocycles. The normalized spacial score (nSPS) is 13.9. The van der Waals surface area contributed by atoms with Gasteiger partial charge in [-0.2, -0.15) is 0 Å². The summed E-state index contributed by atoms with van der Waals surface area (Å²) in [6.45, 7) is 11.3. The van der Waals surface area contributed by atoms with Crippen molar-refractivity contribution in [3.63, 3.8) is 0 Å². The van der Waals surface area contributed by atoms with Crippen LogP contribution >= 0.6 is 0 Å². The first-order chi connectivity index (χ1) is 24.5. The fourth-order valence-electron chi connectivity index (χ4n) is 4.08. The standard InChI is InChI=1S/C32H62N2O16/c1-38-4-5-40-8-9-42-12-13-44-16-17-46-20-21-48-24-25-49-23-22-47-19-18-45-15-14-43-11-10-41-7-6-39-3-2-30(35)34-28-32(27-33,29-34)50-26-31(36)37/h2-29,33H2,1H3,(H,36,37). The zero-order valence-electron chi connectivity index (χ0n) is 29.9. The number of amides is 1. The van der Waals surface area contributed by atoms with Gasteiger partial charge in [0.25, 0.3) is 0 Å². The molecule has 1 aliphatic heterocycles. The molecule has 1 rings (SSSR count). The number of likely N-dealkylation sites (tertiary alicyclic amines) is 1. The number of rotatable bonds is 40. The van der Waals surface area contributed by atoms with Crippen molar-refractivity contribution in [1.82, 2.24) is 4.90 Å². The molecule has 18 heteroatoms. The van der Waals surface area contributed by atoms with Crippen molar-refractivity contribution >= 4 is 11.9 Å². The number of carboxylic acids is 1. The Hall–Kier alpha value is -1.62. The van der Waals surface area contributed by atoms with E-state index in [1.54, 1.807) is 12.0 Å². The largest absolute Gasteiger partial charge is 0.480 e. The number of carbonyl (C=O) groups is 2. The average molecular weight is 731 g/mol. The molecular weight excluding hydrogens is 668 g/mol. The highest BCUT2D eigenvalue weighted by Crippen LogP contribution is 2.24. The molecule has 0 bridgehead atoms. The molecule has 0 saturated carbocycles. The van der Waals surface area contributed by atoms with Crippen LogP contribution in [0.15, 0.2) is 0 Å². The molecule has 50 heavy (non-hydrogen) atoms. The number of nitrogens with zero attached hydrogens (tertiary/aromatic N) is 1.